The smallest absolute Gasteiger partial charge is 0.166 e. The first-order valence-corrected chi connectivity index (χ1v) is 10.2. The number of aromatic amines is 1. The van der Waals surface area contributed by atoms with Crippen LogP contribution < -0.4 is 4.90 Å². The van der Waals surface area contributed by atoms with Crippen LogP contribution in [0.4, 0.5) is 19.0 Å². The van der Waals surface area contributed by atoms with Gasteiger partial charge in [-0.05, 0) is 43.2 Å². The van der Waals surface area contributed by atoms with Gasteiger partial charge in [0.25, 0.3) is 0 Å². The summed E-state index contributed by atoms with van der Waals surface area (Å²) in [5.74, 6) is -2.66. The number of ether oxygens (including phenoxy) is 1. The summed E-state index contributed by atoms with van der Waals surface area (Å²) >= 11 is 0. The van der Waals surface area contributed by atoms with Crippen molar-refractivity contribution in [2.24, 2.45) is 0 Å². The highest BCUT2D eigenvalue weighted by Crippen LogP contribution is 2.39. The highest BCUT2D eigenvalue weighted by atomic mass is 19.2. The van der Waals surface area contributed by atoms with Gasteiger partial charge in [-0.1, -0.05) is 0 Å². The molecule has 0 amide bonds. The lowest BCUT2D eigenvalue weighted by Crippen LogP contribution is -2.44. The molecule has 4 heterocycles. The fraction of sp³-hybridized carbons (Fsp3) is 0.261. The number of anilines is 1. The number of nitrogens with zero attached hydrogens (tertiary/aromatic N) is 4. The van der Waals surface area contributed by atoms with Crippen LogP contribution in [0.2, 0.25) is 0 Å². The van der Waals surface area contributed by atoms with Gasteiger partial charge in [0.05, 0.1) is 24.9 Å². The number of aryl methyl sites for hydroxylation is 1. The van der Waals surface area contributed by atoms with Crippen LogP contribution in [-0.4, -0.2) is 46.0 Å². The van der Waals surface area contributed by atoms with Gasteiger partial charge in [-0.15, -0.1) is 0 Å². The standard InChI is InChI=1S/C23H20F3N5O/c1-12-10-27-22(18-3-4-28-30-18)23-20(12)15(16-7-14(24)8-17(25)21(16)26)9-19(29-23)31-5-6-32-11-13(31)2/h3-4,7-10,13H,5-6,11H2,1-2H3,(H,28,30)/t13-/m1/s1. The summed E-state index contributed by atoms with van der Waals surface area (Å²) in [4.78, 5) is 11.4. The van der Waals surface area contributed by atoms with Crippen molar-refractivity contribution in [1.82, 2.24) is 20.2 Å². The molecule has 1 aliphatic heterocycles. The molecule has 0 saturated carbocycles. The molecule has 6 nitrogen and oxygen atoms in total. The van der Waals surface area contributed by atoms with Gasteiger partial charge in [-0.25, -0.2) is 18.2 Å². The molecule has 1 fully saturated rings. The molecule has 1 N–H and O–H groups in total. The van der Waals surface area contributed by atoms with Crippen molar-refractivity contribution < 1.29 is 17.9 Å². The first-order valence-electron chi connectivity index (χ1n) is 10.2. The number of hydrogen-bond donors (Lipinski definition) is 1. The highest BCUT2D eigenvalue weighted by molar-refractivity contribution is 6.03. The van der Waals surface area contributed by atoms with E-state index in [2.05, 4.69) is 15.2 Å². The Labute approximate surface area is 182 Å². The zero-order valence-corrected chi connectivity index (χ0v) is 17.5. The van der Waals surface area contributed by atoms with E-state index in [4.69, 9.17) is 9.72 Å². The van der Waals surface area contributed by atoms with E-state index in [1.807, 2.05) is 18.7 Å². The van der Waals surface area contributed by atoms with Crippen LogP contribution in [-0.2, 0) is 4.74 Å². The van der Waals surface area contributed by atoms with Crippen molar-refractivity contribution >= 4 is 16.7 Å². The molecular formula is C23H20F3N5O. The summed E-state index contributed by atoms with van der Waals surface area (Å²) in [5.41, 5.74) is 2.53. The van der Waals surface area contributed by atoms with Gasteiger partial charge in [0.2, 0.25) is 0 Å². The van der Waals surface area contributed by atoms with Gasteiger partial charge in [-0.2, -0.15) is 5.10 Å². The number of halogens is 3. The van der Waals surface area contributed by atoms with E-state index in [1.54, 1.807) is 24.5 Å². The second kappa shape index (κ2) is 7.90. The van der Waals surface area contributed by atoms with Crippen molar-refractivity contribution in [3.8, 4) is 22.5 Å². The van der Waals surface area contributed by atoms with Crippen molar-refractivity contribution in [3.05, 3.63) is 59.7 Å². The summed E-state index contributed by atoms with van der Waals surface area (Å²) in [6, 6.07) is 5.01. The Morgan fingerprint density at radius 3 is 2.75 bits per heavy atom. The van der Waals surface area contributed by atoms with Gasteiger partial charge in [0, 0.05) is 36.0 Å². The molecule has 0 radical (unpaired) electrons. The van der Waals surface area contributed by atoms with Gasteiger partial charge in [0.15, 0.2) is 11.6 Å². The minimum Gasteiger partial charge on any atom is -0.377 e. The predicted molar refractivity (Wildman–Crippen MR) is 115 cm³/mol. The molecule has 1 atom stereocenters. The van der Waals surface area contributed by atoms with E-state index in [-0.39, 0.29) is 11.6 Å². The molecule has 1 saturated heterocycles. The molecule has 164 valence electrons. The summed E-state index contributed by atoms with van der Waals surface area (Å²) in [7, 11) is 0. The van der Waals surface area contributed by atoms with Gasteiger partial charge >= 0.3 is 0 Å². The Hall–Kier alpha value is -3.46. The zero-order chi connectivity index (χ0) is 22.4. The monoisotopic (exact) mass is 439 g/mol. The fourth-order valence-electron chi connectivity index (χ4n) is 4.15. The minimum atomic E-state index is -1.24. The Morgan fingerprint density at radius 2 is 2.00 bits per heavy atom. The molecule has 0 bridgehead atoms. The zero-order valence-electron chi connectivity index (χ0n) is 17.5. The number of fused-ring (bicyclic) bond motifs is 1. The number of H-pyrrole nitrogens is 1. The number of nitrogens with one attached hydrogen (secondary N) is 1. The number of hydrogen-bond acceptors (Lipinski definition) is 5. The first-order chi connectivity index (χ1) is 15.4. The molecule has 0 spiro atoms. The van der Waals surface area contributed by atoms with E-state index >= 15 is 0 Å². The molecule has 1 aromatic carbocycles. The van der Waals surface area contributed by atoms with Crippen molar-refractivity contribution in [2.75, 3.05) is 24.7 Å². The fourth-order valence-corrected chi connectivity index (χ4v) is 4.15. The van der Waals surface area contributed by atoms with Crippen LogP contribution in [0.3, 0.4) is 0 Å². The average Bonchev–Trinajstić information content (AvgIpc) is 3.31. The van der Waals surface area contributed by atoms with E-state index in [1.165, 1.54) is 0 Å². The van der Waals surface area contributed by atoms with Gasteiger partial charge < -0.3 is 9.64 Å². The van der Waals surface area contributed by atoms with Gasteiger partial charge in [-0.3, -0.25) is 10.1 Å². The summed E-state index contributed by atoms with van der Waals surface area (Å²) in [6.07, 6.45) is 3.23. The third-order valence-corrected chi connectivity index (χ3v) is 5.71. The van der Waals surface area contributed by atoms with Crippen LogP contribution in [0.5, 0.6) is 0 Å². The Balaban J connectivity index is 1.87. The summed E-state index contributed by atoms with van der Waals surface area (Å²) in [6.45, 7) is 5.41. The lowest BCUT2D eigenvalue weighted by molar-refractivity contribution is 0.0986. The van der Waals surface area contributed by atoms with E-state index in [9.17, 15) is 13.2 Å². The molecule has 1 aliphatic rings. The SMILES string of the molecule is Cc1cnc(-c2ccn[nH]2)c2nc(N3CCOC[C@H]3C)cc(-c3cc(F)cc(F)c3F)c12. The first kappa shape index (κ1) is 20.4. The summed E-state index contributed by atoms with van der Waals surface area (Å²) < 4.78 is 48.8. The third-order valence-electron chi connectivity index (χ3n) is 5.71. The topological polar surface area (TPSA) is 66.9 Å². The largest absolute Gasteiger partial charge is 0.377 e. The van der Waals surface area contributed by atoms with Crippen LogP contribution in [0.25, 0.3) is 33.4 Å². The quantitative estimate of drug-likeness (QED) is 0.471. The average molecular weight is 439 g/mol. The van der Waals surface area contributed by atoms with Crippen LogP contribution in [0.1, 0.15) is 12.5 Å². The molecule has 5 rings (SSSR count). The molecule has 0 aliphatic carbocycles. The van der Waals surface area contributed by atoms with E-state index in [0.29, 0.717) is 65.1 Å². The molecular weight excluding hydrogens is 419 g/mol. The maximum absolute atomic E-state index is 14.9. The Bertz CT molecular complexity index is 1310. The molecule has 9 heteroatoms. The van der Waals surface area contributed by atoms with E-state index < -0.39 is 17.5 Å². The van der Waals surface area contributed by atoms with Crippen molar-refractivity contribution in [2.45, 2.75) is 19.9 Å². The number of pyridine rings is 2. The number of aromatic nitrogens is 4. The maximum atomic E-state index is 14.9. The lowest BCUT2D eigenvalue weighted by atomic mass is 9.96. The number of morpholine rings is 1. The molecule has 32 heavy (non-hydrogen) atoms. The molecule has 4 aromatic rings. The highest BCUT2D eigenvalue weighted by Gasteiger charge is 2.25. The number of benzene rings is 1. The third kappa shape index (κ3) is 3.38. The predicted octanol–water partition coefficient (Wildman–Crippen LogP) is 4.64. The van der Waals surface area contributed by atoms with Crippen LogP contribution in [0, 0.1) is 24.4 Å². The maximum Gasteiger partial charge on any atom is 0.166 e. The number of rotatable bonds is 3. The van der Waals surface area contributed by atoms with E-state index in [0.717, 1.165) is 6.07 Å². The van der Waals surface area contributed by atoms with Crippen LogP contribution >= 0.6 is 0 Å². The second-order valence-electron chi connectivity index (χ2n) is 7.88. The van der Waals surface area contributed by atoms with Crippen LogP contribution in [0.15, 0.2) is 36.7 Å². The normalized spacial score (nSPS) is 16.7. The Kier molecular flexibility index (Phi) is 5.05. The molecule has 0 unspecified atom stereocenters. The van der Waals surface area contributed by atoms with Crippen molar-refractivity contribution in [1.29, 1.82) is 0 Å². The Morgan fingerprint density at radius 1 is 1.16 bits per heavy atom. The second-order valence-corrected chi connectivity index (χ2v) is 7.88. The van der Waals surface area contributed by atoms with Crippen molar-refractivity contribution in [3.63, 3.8) is 0 Å². The molecule has 3 aromatic heterocycles. The van der Waals surface area contributed by atoms with Gasteiger partial charge in [0.1, 0.15) is 22.8 Å². The lowest BCUT2D eigenvalue weighted by Gasteiger charge is -2.34. The summed E-state index contributed by atoms with van der Waals surface area (Å²) in [5, 5.41) is 7.44. The minimum absolute atomic E-state index is 0.0176.